The maximum Gasteiger partial charge on any atom is 0.257 e. The molecule has 1 aliphatic rings. The zero-order valence-corrected chi connectivity index (χ0v) is 14.9. The van der Waals surface area contributed by atoms with Crippen LogP contribution in [0, 0.1) is 5.92 Å². The minimum atomic E-state index is -3.47. The predicted molar refractivity (Wildman–Crippen MR) is 95.8 cm³/mol. The number of nitrogens with one attached hydrogen (secondary N) is 1. The van der Waals surface area contributed by atoms with E-state index in [2.05, 4.69) is 17.2 Å². The molecule has 1 aromatic carbocycles. The third-order valence-corrected chi connectivity index (χ3v) is 6.33. The molecule has 0 spiro atoms. The molecule has 1 aliphatic heterocycles. The quantitative estimate of drug-likeness (QED) is 0.910. The molecule has 0 atom stereocenters. The van der Waals surface area contributed by atoms with Crippen LogP contribution in [0.5, 0.6) is 0 Å². The Bertz CT molecular complexity index is 828. The van der Waals surface area contributed by atoms with Gasteiger partial charge in [0.2, 0.25) is 10.0 Å². The van der Waals surface area contributed by atoms with Crippen LogP contribution in [-0.2, 0) is 10.0 Å². The Hall–Kier alpha value is -2.25. The van der Waals surface area contributed by atoms with Crippen LogP contribution in [0.25, 0.3) is 0 Å². The maximum absolute atomic E-state index is 12.7. The highest BCUT2D eigenvalue weighted by Gasteiger charge is 2.27. The topological polar surface area (TPSA) is 79.4 Å². The van der Waals surface area contributed by atoms with Crippen LogP contribution in [0.2, 0.25) is 0 Å². The summed E-state index contributed by atoms with van der Waals surface area (Å²) in [6, 6.07) is 9.63. The van der Waals surface area contributed by atoms with Gasteiger partial charge in [-0.15, -0.1) is 0 Å². The molecule has 0 unspecified atom stereocenters. The normalized spacial score (nSPS) is 16.5. The van der Waals surface area contributed by atoms with Crippen molar-refractivity contribution in [1.82, 2.24) is 9.29 Å². The van der Waals surface area contributed by atoms with Gasteiger partial charge in [-0.05, 0) is 55.2 Å². The van der Waals surface area contributed by atoms with Crippen molar-refractivity contribution in [3.05, 3.63) is 54.4 Å². The Morgan fingerprint density at radius 3 is 2.44 bits per heavy atom. The smallest absolute Gasteiger partial charge is 0.257 e. The predicted octanol–water partition coefficient (Wildman–Crippen LogP) is 2.75. The second kappa shape index (κ2) is 7.33. The summed E-state index contributed by atoms with van der Waals surface area (Å²) in [6.07, 6.45) is 4.85. The van der Waals surface area contributed by atoms with Crippen molar-refractivity contribution in [2.24, 2.45) is 5.92 Å². The van der Waals surface area contributed by atoms with E-state index in [1.54, 1.807) is 30.5 Å². The van der Waals surface area contributed by atoms with Crippen molar-refractivity contribution in [1.29, 1.82) is 0 Å². The number of carbonyl (C=O) groups is 1. The Kier molecular flexibility index (Phi) is 5.15. The van der Waals surface area contributed by atoms with E-state index in [4.69, 9.17) is 0 Å². The third-order valence-electron chi connectivity index (χ3n) is 4.42. The Balaban J connectivity index is 1.70. The van der Waals surface area contributed by atoms with Crippen molar-refractivity contribution in [2.75, 3.05) is 18.4 Å². The van der Waals surface area contributed by atoms with E-state index in [1.807, 2.05) is 0 Å². The zero-order chi connectivity index (χ0) is 17.9. The summed E-state index contributed by atoms with van der Waals surface area (Å²) in [5.41, 5.74) is 0.988. The number of sulfonamides is 1. The zero-order valence-electron chi connectivity index (χ0n) is 14.1. The lowest BCUT2D eigenvalue weighted by atomic mass is 10.0. The fourth-order valence-electron chi connectivity index (χ4n) is 2.78. The molecule has 2 aromatic rings. The van der Waals surface area contributed by atoms with Crippen LogP contribution in [0.3, 0.4) is 0 Å². The molecule has 1 saturated heterocycles. The first-order chi connectivity index (χ1) is 12.0. The van der Waals surface area contributed by atoms with E-state index in [0.717, 1.165) is 12.8 Å². The van der Waals surface area contributed by atoms with Gasteiger partial charge in [0.25, 0.3) is 5.91 Å². The molecule has 0 bridgehead atoms. The van der Waals surface area contributed by atoms with Crippen LogP contribution in [0.15, 0.2) is 53.7 Å². The van der Waals surface area contributed by atoms with Crippen molar-refractivity contribution in [3.8, 4) is 0 Å². The molecule has 132 valence electrons. The summed E-state index contributed by atoms with van der Waals surface area (Å²) >= 11 is 0. The number of carbonyl (C=O) groups excluding carboxylic acids is 1. The van der Waals surface area contributed by atoms with Gasteiger partial charge in [0.1, 0.15) is 0 Å². The van der Waals surface area contributed by atoms with E-state index >= 15 is 0 Å². The van der Waals surface area contributed by atoms with Crippen LogP contribution in [0.4, 0.5) is 5.69 Å². The number of amides is 1. The number of nitrogens with zero attached hydrogens (tertiary/aromatic N) is 2. The summed E-state index contributed by atoms with van der Waals surface area (Å²) in [5.74, 6) is 0.283. The summed E-state index contributed by atoms with van der Waals surface area (Å²) in [5, 5.41) is 2.73. The van der Waals surface area contributed by atoms with Crippen molar-refractivity contribution >= 4 is 21.6 Å². The van der Waals surface area contributed by atoms with E-state index in [0.29, 0.717) is 30.3 Å². The van der Waals surface area contributed by atoms with Crippen molar-refractivity contribution < 1.29 is 13.2 Å². The van der Waals surface area contributed by atoms with Crippen LogP contribution >= 0.6 is 0 Å². The van der Waals surface area contributed by atoms with Gasteiger partial charge in [-0.1, -0.05) is 6.92 Å². The second-order valence-electron chi connectivity index (χ2n) is 6.31. The average Bonchev–Trinajstić information content (AvgIpc) is 2.63. The summed E-state index contributed by atoms with van der Waals surface area (Å²) in [4.78, 5) is 16.3. The Morgan fingerprint density at radius 1 is 1.16 bits per heavy atom. The molecule has 3 rings (SSSR count). The molecule has 1 aromatic heterocycles. The second-order valence-corrected chi connectivity index (χ2v) is 8.24. The van der Waals surface area contributed by atoms with E-state index in [-0.39, 0.29) is 10.8 Å². The number of aromatic nitrogens is 1. The largest absolute Gasteiger partial charge is 0.322 e. The monoisotopic (exact) mass is 359 g/mol. The van der Waals surface area contributed by atoms with Crippen LogP contribution in [0.1, 0.15) is 30.1 Å². The fraction of sp³-hybridized carbons (Fsp3) is 0.333. The van der Waals surface area contributed by atoms with Crippen molar-refractivity contribution in [3.63, 3.8) is 0 Å². The highest BCUT2D eigenvalue weighted by Crippen LogP contribution is 2.24. The van der Waals surface area contributed by atoms with E-state index in [9.17, 15) is 13.2 Å². The van der Waals surface area contributed by atoms with Crippen molar-refractivity contribution in [2.45, 2.75) is 24.7 Å². The molecule has 1 fully saturated rings. The van der Waals surface area contributed by atoms with Gasteiger partial charge < -0.3 is 5.32 Å². The lowest BCUT2D eigenvalue weighted by Gasteiger charge is -2.29. The molecule has 0 aliphatic carbocycles. The van der Waals surface area contributed by atoms with Crippen LogP contribution in [-0.4, -0.2) is 36.7 Å². The molecule has 6 nitrogen and oxygen atoms in total. The van der Waals surface area contributed by atoms with Gasteiger partial charge in [0.15, 0.2) is 0 Å². The molecule has 1 amide bonds. The highest BCUT2D eigenvalue weighted by atomic mass is 32.2. The van der Waals surface area contributed by atoms with Gasteiger partial charge in [-0.2, -0.15) is 4.31 Å². The van der Waals surface area contributed by atoms with Gasteiger partial charge in [-0.3, -0.25) is 9.78 Å². The number of hydrogen-bond donors (Lipinski definition) is 1. The Morgan fingerprint density at radius 2 is 1.84 bits per heavy atom. The van der Waals surface area contributed by atoms with Gasteiger partial charge in [0.05, 0.1) is 10.5 Å². The lowest BCUT2D eigenvalue weighted by molar-refractivity contribution is 0.102. The fourth-order valence-corrected chi connectivity index (χ4v) is 4.25. The number of anilines is 1. The summed E-state index contributed by atoms with van der Waals surface area (Å²) in [6.45, 7) is 3.26. The highest BCUT2D eigenvalue weighted by molar-refractivity contribution is 7.89. The molecular weight excluding hydrogens is 338 g/mol. The molecular formula is C18H21N3O3S. The first-order valence-corrected chi connectivity index (χ1v) is 9.72. The first-order valence-electron chi connectivity index (χ1n) is 8.28. The molecule has 0 saturated carbocycles. The Labute approximate surface area is 147 Å². The minimum Gasteiger partial charge on any atom is -0.322 e. The summed E-state index contributed by atoms with van der Waals surface area (Å²) < 4.78 is 26.9. The number of benzene rings is 1. The SMILES string of the molecule is CC1CCN(S(=O)(=O)c2ccc(NC(=O)c3cccnc3)cc2)CC1. The number of rotatable bonds is 4. The van der Waals surface area contributed by atoms with Gasteiger partial charge in [0, 0.05) is 31.2 Å². The molecule has 25 heavy (non-hydrogen) atoms. The van der Waals surface area contributed by atoms with Gasteiger partial charge in [-0.25, -0.2) is 8.42 Å². The van der Waals surface area contributed by atoms with E-state index < -0.39 is 10.0 Å². The molecule has 0 radical (unpaired) electrons. The van der Waals surface area contributed by atoms with E-state index in [1.165, 1.54) is 22.6 Å². The standard InChI is InChI=1S/C18H21N3O3S/c1-14-8-11-21(12-9-14)25(23,24)17-6-4-16(5-7-17)20-18(22)15-3-2-10-19-13-15/h2-7,10,13-14H,8-9,11-12H2,1H3,(H,20,22). The number of piperidine rings is 1. The molecule has 1 N–H and O–H groups in total. The molecule has 2 heterocycles. The lowest BCUT2D eigenvalue weighted by Crippen LogP contribution is -2.37. The minimum absolute atomic E-state index is 0.251. The maximum atomic E-state index is 12.7. The third kappa shape index (κ3) is 4.05. The van der Waals surface area contributed by atoms with Crippen LogP contribution < -0.4 is 5.32 Å². The van der Waals surface area contributed by atoms with Gasteiger partial charge >= 0.3 is 0 Å². The number of hydrogen-bond acceptors (Lipinski definition) is 4. The number of pyridine rings is 1. The summed E-state index contributed by atoms with van der Waals surface area (Å²) in [7, 11) is -3.47. The molecule has 7 heteroatoms. The average molecular weight is 359 g/mol. The first kappa shape index (κ1) is 17.6.